The summed E-state index contributed by atoms with van der Waals surface area (Å²) in [5, 5.41) is 11.5. The number of amides is 1. The van der Waals surface area contributed by atoms with Crippen LogP contribution in [-0.4, -0.2) is 35.8 Å². The van der Waals surface area contributed by atoms with E-state index in [9.17, 15) is 4.79 Å². The molecule has 3 fully saturated rings. The average molecular weight is 249 g/mol. The number of carbonyl (C=O) groups excluding carboxylic acids is 1. The molecule has 2 saturated heterocycles. The number of amidine groups is 1. The van der Waals surface area contributed by atoms with E-state index >= 15 is 0 Å². The topological polar surface area (TPSA) is 56.2 Å². The minimum absolute atomic E-state index is 0.218. The smallest absolute Gasteiger partial charge is 0.220 e. The van der Waals surface area contributed by atoms with E-state index in [4.69, 9.17) is 5.41 Å². The van der Waals surface area contributed by atoms with Crippen molar-refractivity contribution in [1.29, 1.82) is 5.41 Å². The van der Waals surface area contributed by atoms with Gasteiger partial charge >= 0.3 is 0 Å². The Bertz CT molecular complexity index is 349. The second-order valence-corrected chi connectivity index (χ2v) is 6.07. The molecule has 1 saturated carbocycles. The molecule has 4 heteroatoms. The van der Waals surface area contributed by atoms with Crippen molar-refractivity contribution in [1.82, 2.24) is 10.2 Å². The highest BCUT2D eigenvalue weighted by molar-refractivity contribution is 5.82. The van der Waals surface area contributed by atoms with Gasteiger partial charge in [-0.05, 0) is 31.6 Å². The van der Waals surface area contributed by atoms with E-state index in [2.05, 4.69) is 10.2 Å². The van der Waals surface area contributed by atoms with E-state index in [0.29, 0.717) is 24.3 Å². The quantitative estimate of drug-likeness (QED) is 0.549. The third-order valence-corrected chi connectivity index (χ3v) is 4.91. The van der Waals surface area contributed by atoms with Crippen LogP contribution in [0.25, 0.3) is 0 Å². The summed E-state index contributed by atoms with van der Waals surface area (Å²) in [6.07, 6.45) is 7.70. The number of nitrogens with zero attached hydrogens (tertiary/aromatic N) is 1. The molecule has 2 heterocycles. The van der Waals surface area contributed by atoms with Crippen LogP contribution >= 0.6 is 0 Å². The van der Waals surface area contributed by atoms with Crippen molar-refractivity contribution in [2.45, 2.75) is 51.0 Å². The normalized spacial score (nSPS) is 33.1. The van der Waals surface area contributed by atoms with Gasteiger partial charge in [-0.15, -0.1) is 0 Å². The van der Waals surface area contributed by atoms with Crippen molar-refractivity contribution in [3.63, 3.8) is 0 Å². The fourth-order valence-electron chi connectivity index (χ4n) is 3.79. The minimum Gasteiger partial charge on any atom is -0.360 e. The molecule has 2 N–H and O–H groups in total. The van der Waals surface area contributed by atoms with Crippen LogP contribution in [0, 0.1) is 17.2 Å². The van der Waals surface area contributed by atoms with Crippen LogP contribution in [0.5, 0.6) is 0 Å². The first-order chi connectivity index (χ1) is 8.74. The number of carbonyl (C=O) groups is 1. The molecule has 2 aliphatic heterocycles. The van der Waals surface area contributed by atoms with Gasteiger partial charge in [0.2, 0.25) is 5.91 Å². The molecule has 4 nitrogen and oxygen atoms in total. The van der Waals surface area contributed by atoms with Crippen LogP contribution < -0.4 is 5.32 Å². The lowest BCUT2D eigenvalue weighted by molar-refractivity contribution is -0.125. The number of hydrogen-bond donors (Lipinski definition) is 2. The van der Waals surface area contributed by atoms with Crippen molar-refractivity contribution < 1.29 is 4.79 Å². The molecule has 1 amide bonds. The first kappa shape index (κ1) is 12.0. The predicted molar refractivity (Wildman–Crippen MR) is 70.5 cm³/mol. The van der Waals surface area contributed by atoms with Gasteiger partial charge in [-0.2, -0.15) is 0 Å². The Morgan fingerprint density at radius 3 is 2.78 bits per heavy atom. The zero-order valence-electron chi connectivity index (χ0n) is 11.0. The molecule has 100 valence electrons. The minimum atomic E-state index is 0.218. The van der Waals surface area contributed by atoms with Crippen molar-refractivity contribution >= 4 is 11.7 Å². The number of fused-ring (bicyclic) bond motifs is 1. The molecule has 2 atom stereocenters. The lowest BCUT2D eigenvalue weighted by Crippen LogP contribution is -2.55. The molecule has 3 aliphatic rings. The molecule has 0 spiro atoms. The van der Waals surface area contributed by atoms with E-state index in [-0.39, 0.29) is 5.91 Å². The van der Waals surface area contributed by atoms with Gasteiger partial charge in [0, 0.05) is 31.5 Å². The molecule has 0 aromatic heterocycles. The monoisotopic (exact) mass is 249 g/mol. The summed E-state index contributed by atoms with van der Waals surface area (Å²) in [5.74, 6) is 2.18. The molecule has 1 aliphatic carbocycles. The summed E-state index contributed by atoms with van der Waals surface area (Å²) in [4.78, 5) is 13.7. The summed E-state index contributed by atoms with van der Waals surface area (Å²) >= 11 is 0. The Hall–Kier alpha value is -1.06. The van der Waals surface area contributed by atoms with Gasteiger partial charge < -0.3 is 10.2 Å². The van der Waals surface area contributed by atoms with E-state index in [1.165, 1.54) is 25.7 Å². The van der Waals surface area contributed by atoms with Crippen LogP contribution in [0.3, 0.4) is 0 Å². The summed E-state index contributed by atoms with van der Waals surface area (Å²) in [6.45, 7) is 1.94. The fraction of sp³-hybridized carbons (Fsp3) is 0.857. The summed E-state index contributed by atoms with van der Waals surface area (Å²) in [6, 6.07) is 0.374. The Morgan fingerprint density at radius 1 is 1.22 bits per heavy atom. The van der Waals surface area contributed by atoms with Crippen LogP contribution in [0.4, 0.5) is 0 Å². The maximum atomic E-state index is 11.4. The van der Waals surface area contributed by atoms with E-state index in [1.54, 1.807) is 0 Å². The molecule has 18 heavy (non-hydrogen) atoms. The van der Waals surface area contributed by atoms with Gasteiger partial charge in [0.1, 0.15) is 0 Å². The van der Waals surface area contributed by atoms with Crippen LogP contribution in [0.15, 0.2) is 0 Å². The number of nitrogens with one attached hydrogen (secondary N) is 2. The molecular formula is C14H23N3O. The second kappa shape index (κ2) is 4.90. The maximum Gasteiger partial charge on any atom is 0.220 e. The van der Waals surface area contributed by atoms with E-state index in [1.807, 2.05) is 0 Å². The Morgan fingerprint density at radius 2 is 2.00 bits per heavy atom. The molecule has 0 aromatic rings. The zero-order valence-corrected chi connectivity index (χ0v) is 11.0. The summed E-state index contributed by atoms with van der Waals surface area (Å²) < 4.78 is 0. The van der Waals surface area contributed by atoms with Crippen LogP contribution in [0.2, 0.25) is 0 Å². The van der Waals surface area contributed by atoms with Gasteiger partial charge in [0.25, 0.3) is 0 Å². The van der Waals surface area contributed by atoms with Gasteiger partial charge in [-0.1, -0.05) is 12.8 Å². The van der Waals surface area contributed by atoms with Gasteiger partial charge in [0.05, 0.1) is 5.84 Å². The van der Waals surface area contributed by atoms with Crippen molar-refractivity contribution in [3.8, 4) is 0 Å². The first-order valence-corrected chi connectivity index (χ1v) is 7.37. The van der Waals surface area contributed by atoms with E-state index in [0.717, 1.165) is 31.8 Å². The third-order valence-electron chi connectivity index (χ3n) is 4.91. The number of piperidine rings is 2. The second-order valence-electron chi connectivity index (χ2n) is 6.07. The lowest BCUT2D eigenvalue weighted by atomic mass is 9.84. The Labute approximate surface area is 109 Å². The first-order valence-electron chi connectivity index (χ1n) is 7.37. The standard InChI is InChI=1S/C14H23N3O/c15-14(10-3-1-2-4-10)17-8-7-12-11(9-17)5-6-13(18)16-12/h10-12,15H,1-9H2,(H,16,18). The van der Waals surface area contributed by atoms with Crippen molar-refractivity contribution in [3.05, 3.63) is 0 Å². The number of likely N-dealkylation sites (tertiary alicyclic amines) is 1. The molecule has 0 radical (unpaired) electrons. The van der Waals surface area contributed by atoms with Crippen LogP contribution in [-0.2, 0) is 4.79 Å². The molecule has 2 unspecified atom stereocenters. The largest absolute Gasteiger partial charge is 0.360 e. The van der Waals surface area contributed by atoms with Gasteiger partial charge in [0.15, 0.2) is 0 Å². The highest BCUT2D eigenvalue weighted by Gasteiger charge is 2.36. The number of rotatable bonds is 1. The van der Waals surface area contributed by atoms with Gasteiger partial charge in [-0.25, -0.2) is 0 Å². The maximum absolute atomic E-state index is 11.4. The summed E-state index contributed by atoms with van der Waals surface area (Å²) in [5.41, 5.74) is 0. The predicted octanol–water partition coefficient (Wildman–Crippen LogP) is 1.75. The molecular weight excluding hydrogens is 226 g/mol. The van der Waals surface area contributed by atoms with Gasteiger partial charge in [-0.3, -0.25) is 10.2 Å². The molecule has 0 bridgehead atoms. The number of hydrogen-bond acceptors (Lipinski definition) is 2. The fourth-order valence-corrected chi connectivity index (χ4v) is 3.79. The van der Waals surface area contributed by atoms with Crippen molar-refractivity contribution in [2.24, 2.45) is 11.8 Å². The third kappa shape index (κ3) is 2.25. The van der Waals surface area contributed by atoms with Crippen molar-refractivity contribution in [2.75, 3.05) is 13.1 Å². The van der Waals surface area contributed by atoms with E-state index < -0.39 is 0 Å². The SMILES string of the molecule is N=C(C1CCCC1)N1CCC2NC(=O)CCC2C1. The lowest BCUT2D eigenvalue weighted by Gasteiger charge is -2.43. The Kier molecular flexibility index (Phi) is 3.27. The zero-order chi connectivity index (χ0) is 12.5. The summed E-state index contributed by atoms with van der Waals surface area (Å²) in [7, 11) is 0. The highest BCUT2D eigenvalue weighted by atomic mass is 16.1. The molecule has 3 rings (SSSR count). The Balaban J connectivity index is 1.59. The highest BCUT2D eigenvalue weighted by Crippen LogP contribution is 2.30. The molecule has 0 aromatic carbocycles. The average Bonchev–Trinajstić information content (AvgIpc) is 2.91. The van der Waals surface area contributed by atoms with Crippen LogP contribution in [0.1, 0.15) is 44.9 Å².